The molecule has 1 atom stereocenters. The number of halogens is 1. The first-order chi connectivity index (χ1) is 16.6. The molecule has 2 aromatic rings. The second-order valence-corrected chi connectivity index (χ2v) is 9.84. The van der Waals surface area contributed by atoms with E-state index in [1.165, 1.54) is 12.1 Å². The van der Waals surface area contributed by atoms with Crippen molar-refractivity contribution in [2.24, 2.45) is 5.92 Å². The average molecular weight is 484 g/mol. The van der Waals surface area contributed by atoms with Gasteiger partial charge in [-0.15, -0.1) is 0 Å². The van der Waals surface area contributed by atoms with Gasteiger partial charge in [0.15, 0.2) is 0 Å². The molecule has 8 heteroatoms. The minimum Gasteiger partial charge on any atom is -0.444 e. The van der Waals surface area contributed by atoms with Gasteiger partial charge in [-0.3, -0.25) is 9.59 Å². The number of amides is 3. The van der Waals surface area contributed by atoms with Gasteiger partial charge in [-0.1, -0.05) is 42.5 Å². The highest BCUT2D eigenvalue weighted by atomic mass is 19.1. The molecule has 1 aliphatic heterocycles. The highest BCUT2D eigenvalue weighted by molar-refractivity contribution is 5.88. The van der Waals surface area contributed by atoms with Crippen LogP contribution >= 0.6 is 0 Å². The molecular weight excluding hydrogens is 449 g/mol. The number of hydrogen-bond acceptors (Lipinski definition) is 4. The fraction of sp³-hybridized carbons (Fsp3) is 0.444. The molecule has 0 aliphatic carbocycles. The lowest BCUT2D eigenvalue weighted by Gasteiger charge is -2.33. The SMILES string of the molecule is CC(C)(C)OC(=O)N1CCC(C(=O)N[C@@H](Cc2ccccc2)C(=O)NCc2ccc(F)cc2)CC1. The second kappa shape index (κ2) is 11.8. The van der Waals surface area contributed by atoms with Gasteiger partial charge in [-0.25, -0.2) is 9.18 Å². The normalized spacial score (nSPS) is 15.3. The van der Waals surface area contributed by atoms with Crippen LogP contribution in [0.15, 0.2) is 54.6 Å². The van der Waals surface area contributed by atoms with Crippen molar-refractivity contribution < 1.29 is 23.5 Å². The molecule has 7 nitrogen and oxygen atoms in total. The third-order valence-electron chi connectivity index (χ3n) is 5.81. The van der Waals surface area contributed by atoms with Crippen molar-refractivity contribution >= 4 is 17.9 Å². The van der Waals surface area contributed by atoms with Gasteiger partial charge in [0.1, 0.15) is 17.5 Å². The molecule has 0 aromatic heterocycles. The maximum absolute atomic E-state index is 13.2. The number of nitrogens with one attached hydrogen (secondary N) is 2. The monoisotopic (exact) mass is 483 g/mol. The first kappa shape index (κ1) is 26.2. The number of hydrogen-bond donors (Lipinski definition) is 2. The molecule has 0 radical (unpaired) electrons. The maximum Gasteiger partial charge on any atom is 0.410 e. The lowest BCUT2D eigenvalue weighted by Crippen LogP contribution is -2.51. The molecule has 0 bridgehead atoms. The summed E-state index contributed by atoms with van der Waals surface area (Å²) in [4.78, 5) is 40.0. The van der Waals surface area contributed by atoms with Gasteiger partial charge < -0.3 is 20.3 Å². The smallest absolute Gasteiger partial charge is 0.410 e. The molecule has 35 heavy (non-hydrogen) atoms. The third-order valence-corrected chi connectivity index (χ3v) is 5.81. The molecule has 0 saturated carbocycles. The summed E-state index contributed by atoms with van der Waals surface area (Å²) in [6, 6.07) is 14.6. The van der Waals surface area contributed by atoms with E-state index in [0.29, 0.717) is 32.4 Å². The van der Waals surface area contributed by atoms with E-state index in [1.807, 2.05) is 51.1 Å². The van der Waals surface area contributed by atoms with Crippen molar-refractivity contribution in [3.05, 3.63) is 71.5 Å². The van der Waals surface area contributed by atoms with Crippen LogP contribution in [-0.2, 0) is 27.3 Å². The first-order valence-corrected chi connectivity index (χ1v) is 11.9. The number of carbonyl (C=O) groups excluding carboxylic acids is 3. The Kier molecular flexibility index (Phi) is 8.84. The van der Waals surface area contributed by atoms with Gasteiger partial charge in [0.25, 0.3) is 0 Å². The molecule has 1 heterocycles. The van der Waals surface area contributed by atoms with Crippen molar-refractivity contribution in [2.75, 3.05) is 13.1 Å². The fourth-order valence-electron chi connectivity index (χ4n) is 3.91. The largest absolute Gasteiger partial charge is 0.444 e. The lowest BCUT2D eigenvalue weighted by atomic mass is 9.95. The summed E-state index contributed by atoms with van der Waals surface area (Å²) in [5.41, 5.74) is 1.12. The summed E-state index contributed by atoms with van der Waals surface area (Å²) in [6.45, 7) is 6.53. The molecule has 0 unspecified atom stereocenters. The molecule has 1 saturated heterocycles. The summed E-state index contributed by atoms with van der Waals surface area (Å²) in [7, 11) is 0. The summed E-state index contributed by atoms with van der Waals surface area (Å²) < 4.78 is 18.6. The van der Waals surface area contributed by atoms with Crippen LogP contribution in [-0.4, -0.2) is 47.5 Å². The van der Waals surface area contributed by atoms with Gasteiger partial charge in [0.05, 0.1) is 0 Å². The Morgan fingerprint density at radius 3 is 2.23 bits per heavy atom. The number of piperidine rings is 1. The predicted octanol–water partition coefficient (Wildman–Crippen LogP) is 3.82. The lowest BCUT2D eigenvalue weighted by molar-refractivity contribution is -0.132. The first-order valence-electron chi connectivity index (χ1n) is 11.9. The number of nitrogens with zero attached hydrogens (tertiary/aromatic N) is 1. The van der Waals surface area contributed by atoms with E-state index in [9.17, 15) is 18.8 Å². The standard InChI is InChI=1S/C27H34FN3O4/c1-27(2,3)35-26(34)31-15-13-21(14-16-31)24(32)30-23(17-19-7-5-4-6-8-19)25(33)29-18-20-9-11-22(28)12-10-20/h4-12,21,23H,13-18H2,1-3H3,(H,29,33)(H,30,32)/t23-/m0/s1. The molecular formula is C27H34FN3O4. The Morgan fingerprint density at radius 2 is 1.63 bits per heavy atom. The Balaban J connectivity index is 1.59. The molecule has 3 amide bonds. The van der Waals surface area contributed by atoms with Crippen LogP contribution in [0.3, 0.4) is 0 Å². The third kappa shape index (κ3) is 8.38. The highest BCUT2D eigenvalue weighted by Crippen LogP contribution is 2.20. The minimum atomic E-state index is -0.755. The van der Waals surface area contributed by atoms with Crippen LogP contribution in [0, 0.1) is 11.7 Å². The van der Waals surface area contributed by atoms with Crippen molar-refractivity contribution in [1.82, 2.24) is 15.5 Å². The molecule has 1 aliphatic rings. The van der Waals surface area contributed by atoms with Crippen LogP contribution in [0.5, 0.6) is 0 Å². The molecule has 0 spiro atoms. The van der Waals surface area contributed by atoms with Crippen LogP contribution in [0.2, 0.25) is 0 Å². The molecule has 2 N–H and O–H groups in total. The van der Waals surface area contributed by atoms with E-state index in [2.05, 4.69) is 10.6 Å². The van der Waals surface area contributed by atoms with Gasteiger partial charge in [-0.05, 0) is 56.9 Å². The average Bonchev–Trinajstić information content (AvgIpc) is 2.82. The summed E-state index contributed by atoms with van der Waals surface area (Å²) >= 11 is 0. The van der Waals surface area contributed by atoms with Gasteiger partial charge in [-0.2, -0.15) is 0 Å². The van der Waals surface area contributed by atoms with Gasteiger partial charge in [0.2, 0.25) is 11.8 Å². The van der Waals surface area contributed by atoms with Crippen molar-refractivity contribution in [1.29, 1.82) is 0 Å². The summed E-state index contributed by atoms with van der Waals surface area (Å²) in [6.07, 6.45) is 0.970. The topological polar surface area (TPSA) is 87.7 Å². The highest BCUT2D eigenvalue weighted by Gasteiger charge is 2.32. The Hall–Kier alpha value is -3.42. The number of ether oxygens (including phenoxy) is 1. The van der Waals surface area contributed by atoms with E-state index in [1.54, 1.807) is 17.0 Å². The molecule has 2 aromatic carbocycles. The quantitative estimate of drug-likeness (QED) is 0.627. The number of likely N-dealkylation sites (tertiary alicyclic amines) is 1. The van der Waals surface area contributed by atoms with E-state index in [-0.39, 0.29) is 36.2 Å². The maximum atomic E-state index is 13.2. The van der Waals surface area contributed by atoms with Crippen LogP contribution in [0.25, 0.3) is 0 Å². The fourth-order valence-corrected chi connectivity index (χ4v) is 3.91. The summed E-state index contributed by atoms with van der Waals surface area (Å²) in [5, 5.41) is 5.76. The van der Waals surface area contributed by atoms with E-state index >= 15 is 0 Å². The zero-order chi connectivity index (χ0) is 25.4. The van der Waals surface area contributed by atoms with E-state index in [4.69, 9.17) is 4.74 Å². The van der Waals surface area contributed by atoms with E-state index < -0.39 is 11.6 Å². The van der Waals surface area contributed by atoms with E-state index in [0.717, 1.165) is 11.1 Å². The molecule has 3 rings (SSSR count). The number of carbonyl (C=O) groups is 3. The number of rotatable bonds is 7. The van der Waals surface area contributed by atoms with Gasteiger partial charge in [0, 0.05) is 32.0 Å². The van der Waals surface area contributed by atoms with Crippen LogP contribution in [0.1, 0.15) is 44.7 Å². The van der Waals surface area contributed by atoms with Crippen molar-refractivity contribution in [3.63, 3.8) is 0 Å². The molecule has 1 fully saturated rings. The van der Waals surface area contributed by atoms with Crippen molar-refractivity contribution in [3.8, 4) is 0 Å². The zero-order valence-corrected chi connectivity index (χ0v) is 20.6. The Labute approximate surface area is 206 Å². The van der Waals surface area contributed by atoms with Gasteiger partial charge >= 0.3 is 6.09 Å². The second-order valence-electron chi connectivity index (χ2n) is 9.84. The minimum absolute atomic E-state index is 0.202. The van der Waals surface area contributed by atoms with Crippen LogP contribution < -0.4 is 10.6 Å². The zero-order valence-electron chi connectivity index (χ0n) is 20.6. The predicted molar refractivity (Wildman–Crippen MR) is 131 cm³/mol. The van der Waals surface area contributed by atoms with Crippen LogP contribution in [0.4, 0.5) is 9.18 Å². The Bertz CT molecular complexity index is 997. The summed E-state index contributed by atoms with van der Waals surface area (Å²) in [5.74, 6) is -1.15. The Morgan fingerprint density at radius 1 is 1.00 bits per heavy atom. The number of benzene rings is 2. The van der Waals surface area contributed by atoms with Crippen molar-refractivity contribution in [2.45, 2.75) is 58.2 Å². The molecule has 188 valence electrons.